The predicted molar refractivity (Wildman–Crippen MR) is 58.4 cm³/mol. The standard InChI is InChI=1S/C8H11Cl2N3/c9-6-3-5(12)4-7(10)8(6)13-2-1-11/h3-4,13H,1-2,11-12H2. The molecule has 0 heterocycles. The summed E-state index contributed by atoms with van der Waals surface area (Å²) in [6.45, 7) is 1.15. The minimum absolute atomic E-state index is 0.512. The lowest BCUT2D eigenvalue weighted by atomic mass is 10.3. The summed E-state index contributed by atoms with van der Waals surface area (Å²) in [6.07, 6.45) is 0. The van der Waals surface area contributed by atoms with Crippen molar-refractivity contribution in [1.82, 2.24) is 0 Å². The number of hydrogen-bond donors (Lipinski definition) is 3. The molecule has 72 valence electrons. The second-order valence-electron chi connectivity index (χ2n) is 2.58. The van der Waals surface area contributed by atoms with E-state index in [0.29, 0.717) is 34.5 Å². The Hall–Kier alpha value is -0.640. The van der Waals surface area contributed by atoms with Crippen molar-refractivity contribution in [3.63, 3.8) is 0 Å². The maximum absolute atomic E-state index is 5.90. The molecule has 13 heavy (non-hydrogen) atoms. The third-order valence-electron chi connectivity index (χ3n) is 1.51. The zero-order valence-electron chi connectivity index (χ0n) is 6.98. The molecular formula is C8H11Cl2N3. The van der Waals surface area contributed by atoms with E-state index in [0.717, 1.165) is 0 Å². The fraction of sp³-hybridized carbons (Fsp3) is 0.250. The highest BCUT2D eigenvalue weighted by molar-refractivity contribution is 6.39. The van der Waals surface area contributed by atoms with Crippen LogP contribution in [0.3, 0.4) is 0 Å². The van der Waals surface area contributed by atoms with Crippen LogP contribution >= 0.6 is 23.2 Å². The fourth-order valence-corrected chi connectivity index (χ4v) is 1.60. The Morgan fingerprint density at radius 1 is 1.23 bits per heavy atom. The molecule has 0 spiro atoms. The van der Waals surface area contributed by atoms with Gasteiger partial charge in [0.2, 0.25) is 0 Å². The molecule has 0 amide bonds. The molecule has 0 radical (unpaired) electrons. The number of anilines is 2. The van der Waals surface area contributed by atoms with Gasteiger partial charge in [-0.25, -0.2) is 0 Å². The van der Waals surface area contributed by atoms with Gasteiger partial charge in [0.15, 0.2) is 0 Å². The molecule has 5 heteroatoms. The maximum atomic E-state index is 5.90. The quantitative estimate of drug-likeness (QED) is 0.682. The zero-order valence-corrected chi connectivity index (χ0v) is 8.49. The van der Waals surface area contributed by atoms with Crippen LogP contribution in [-0.2, 0) is 0 Å². The molecule has 0 aliphatic carbocycles. The molecule has 0 aromatic heterocycles. The molecule has 1 rings (SSSR count). The summed E-state index contributed by atoms with van der Waals surface area (Å²) < 4.78 is 0. The van der Waals surface area contributed by atoms with Gasteiger partial charge in [0.1, 0.15) is 0 Å². The molecule has 1 aromatic carbocycles. The molecule has 0 bridgehead atoms. The highest BCUT2D eigenvalue weighted by atomic mass is 35.5. The van der Waals surface area contributed by atoms with Crippen molar-refractivity contribution in [1.29, 1.82) is 0 Å². The van der Waals surface area contributed by atoms with Crippen molar-refractivity contribution >= 4 is 34.6 Å². The smallest absolute Gasteiger partial charge is 0.0720 e. The summed E-state index contributed by atoms with van der Waals surface area (Å²) in [6, 6.07) is 3.29. The summed E-state index contributed by atoms with van der Waals surface area (Å²) in [5.41, 5.74) is 12.1. The summed E-state index contributed by atoms with van der Waals surface area (Å²) in [7, 11) is 0. The first-order valence-corrected chi connectivity index (χ1v) is 4.59. The van der Waals surface area contributed by atoms with Gasteiger partial charge in [-0.15, -0.1) is 0 Å². The maximum Gasteiger partial charge on any atom is 0.0720 e. The molecule has 1 aromatic rings. The van der Waals surface area contributed by atoms with E-state index < -0.39 is 0 Å². The molecule has 0 aliphatic heterocycles. The minimum atomic E-state index is 0.512. The van der Waals surface area contributed by atoms with Crippen LogP contribution in [0.25, 0.3) is 0 Å². The first-order chi connectivity index (χ1) is 6.15. The van der Waals surface area contributed by atoms with Crippen molar-refractivity contribution < 1.29 is 0 Å². The number of halogens is 2. The molecule has 0 fully saturated rings. The van der Waals surface area contributed by atoms with Crippen LogP contribution < -0.4 is 16.8 Å². The normalized spacial score (nSPS) is 10.1. The van der Waals surface area contributed by atoms with Crippen molar-refractivity contribution in [2.24, 2.45) is 5.73 Å². The molecule has 5 N–H and O–H groups in total. The first-order valence-electron chi connectivity index (χ1n) is 3.83. The van der Waals surface area contributed by atoms with E-state index >= 15 is 0 Å². The van der Waals surface area contributed by atoms with Crippen LogP contribution in [0.15, 0.2) is 12.1 Å². The molecule has 0 unspecified atom stereocenters. The SMILES string of the molecule is NCCNc1c(Cl)cc(N)cc1Cl. The van der Waals surface area contributed by atoms with E-state index in [4.69, 9.17) is 34.7 Å². The monoisotopic (exact) mass is 219 g/mol. The lowest BCUT2D eigenvalue weighted by Gasteiger charge is -2.09. The molecule has 0 saturated heterocycles. The van der Waals surface area contributed by atoms with E-state index in [9.17, 15) is 0 Å². The molecular weight excluding hydrogens is 209 g/mol. The van der Waals surface area contributed by atoms with Crippen molar-refractivity contribution in [2.45, 2.75) is 0 Å². The Bertz CT molecular complexity index is 278. The van der Waals surface area contributed by atoms with Crippen molar-refractivity contribution in [2.75, 3.05) is 24.1 Å². The summed E-state index contributed by atoms with van der Waals surface area (Å²) in [4.78, 5) is 0. The van der Waals surface area contributed by atoms with Gasteiger partial charge < -0.3 is 16.8 Å². The van der Waals surface area contributed by atoms with Crippen molar-refractivity contribution in [3.8, 4) is 0 Å². The van der Waals surface area contributed by atoms with Crippen LogP contribution in [0.1, 0.15) is 0 Å². The Balaban J connectivity index is 2.92. The van der Waals surface area contributed by atoms with Gasteiger partial charge in [0.25, 0.3) is 0 Å². The van der Waals surface area contributed by atoms with Gasteiger partial charge in [-0.1, -0.05) is 23.2 Å². The van der Waals surface area contributed by atoms with Crippen LogP contribution in [-0.4, -0.2) is 13.1 Å². The van der Waals surface area contributed by atoms with Crippen molar-refractivity contribution in [3.05, 3.63) is 22.2 Å². The lowest BCUT2D eigenvalue weighted by molar-refractivity contribution is 1.02. The van der Waals surface area contributed by atoms with Crippen LogP contribution in [0.2, 0.25) is 10.0 Å². The number of benzene rings is 1. The van der Waals surface area contributed by atoms with Crippen LogP contribution in [0.4, 0.5) is 11.4 Å². The summed E-state index contributed by atoms with van der Waals surface area (Å²) in [5.74, 6) is 0. The number of hydrogen-bond acceptors (Lipinski definition) is 3. The van der Waals surface area contributed by atoms with E-state index in [1.54, 1.807) is 12.1 Å². The third-order valence-corrected chi connectivity index (χ3v) is 2.11. The van der Waals surface area contributed by atoms with Gasteiger partial charge >= 0.3 is 0 Å². The van der Waals surface area contributed by atoms with Gasteiger partial charge in [-0.2, -0.15) is 0 Å². The summed E-state index contributed by atoms with van der Waals surface area (Å²) >= 11 is 11.8. The Labute approximate surface area is 87.0 Å². The average molecular weight is 220 g/mol. The van der Waals surface area contributed by atoms with E-state index in [1.807, 2.05) is 0 Å². The number of rotatable bonds is 3. The highest BCUT2D eigenvalue weighted by Gasteiger charge is 2.05. The highest BCUT2D eigenvalue weighted by Crippen LogP contribution is 2.32. The van der Waals surface area contributed by atoms with Gasteiger partial charge in [-0.05, 0) is 12.1 Å². The van der Waals surface area contributed by atoms with E-state index in [-0.39, 0.29) is 0 Å². The third kappa shape index (κ3) is 2.66. The zero-order chi connectivity index (χ0) is 9.84. The average Bonchev–Trinajstić information content (AvgIpc) is 2.02. The Morgan fingerprint density at radius 2 is 1.77 bits per heavy atom. The fourth-order valence-electron chi connectivity index (χ4n) is 0.959. The molecule has 0 saturated carbocycles. The van der Waals surface area contributed by atoms with Gasteiger partial charge in [0, 0.05) is 18.8 Å². The second kappa shape index (κ2) is 4.56. The number of nitrogen functional groups attached to an aromatic ring is 1. The Morgan fingerprint density at radius 3 is 2.23 bits per heavy atom. The minimum Gasteiger partial charge on any atom is -0.399 e. The van der Waals surface area contributed by atoms with Crippen LogP contribution in [0.5, 0.6) is 0 Å². The predicted octanol–water partition coefficient (Wildman–Crippen LogP) is 1.95. The van der Waals surface area contributed by atoms with Gasteiger partial charge in [-0.3, -0.25) is 0 Å². The van der Waals surface area contributed by atoms with E-state index in [2.05, 4.69) is 5.32 Å². The second-order valence-corrected chi connectivity index (χ2v) is 3.39. The topological polar surface area (TPSA) is 64.1 Å². The first kappa shape index (κ1) is 10.4. The lowest BCUT2D eigenvalue weighted by Crippen LogP contribution is -2.13. The molecule has 0 atom stereocenters. The van der Waals surface area contributed by atoms with Gasteiger partial charge in [0.05, 0.1) is 15.7 Å². The van der Waals surface area contributed by atoms with Crippen LogP contribution in [0, 0.1) is 0 Å². The number of nitrogens with two attached hydrogens (primary N) is 2. The summed E-state index contributed by atoms with van der Waals surface area (Å²) in [5, 5.41) is 4.04. The molecule has 0 aliphatic rings. The van der Waals surface area contributed by atoms with E-state index in [1.165, 1.54) is 0 Å². The molecule has 3 nitrogen and oxygen atoms in total. The largest absolute Gasteiger partial charge is 0.399 e. The Kier molecular flexibility index (Phi) is 3.66. The number of nitrogens with one attached hydrogen (secondary N) is 1.